The van der Waals surface area contributed by atoms with Crippen LogP contribution in [0, 0.1) is 6.92 Å². The average molecular weight is 252 g/mol. The maximum Gasteiger partial charge on any atom is 0.125 e. The van der Waals surface area contributed by atoms with Crippen molar-refractivity contribution in [1.82, 2.24) is 0 Å². The number of fused-ring (bicyclic) bond motifs is 1. The van der Waals surface area contributed by atoms with Crippen LogP contribution in [-0.2, 0) is 0 Å². The predicted molar refractivity (Wildman–Crippen MR) is 72.8 cm³/mol. The summed E-state index contributed by atoms with van der Waals surface area (Å²) in [5.74, 6) is 3.11. The molecular weight excluding hydrogens is 232 g/mol. The Hall–Kier alpha value is -0.670. The number of benzene rings is 1. The molecule has 2 atom stereocenters. The maximum atomic E-state index is 10.1. The second-order valence-electron chi connectivity index (χ2n) is 4.52. The van der Waals surface area contributed by atoms with Gasteiger partial charge in [-0.15, -0.1) is 0 Å². The number of hydrogen-bond acceptors (Lipinski definition) is 3. The Morgan fingerprint density at radius 1 is 1.47 bits per heavy atom. The second kappa shape index (κ2) is 5.78. The van der Waals surface area contributed by atoms with Crippen molar-refractivity contribution in [3.63, 3.8) is 0 Å². The Labute approximate surface area is 107 Å². The smallest absolute Gasteiger partial charge is 0.125 e. The van der Waals surface area contributed by atoms with Crippen molar-refractivity contribution in [3.8, 4) is 5.75 Å². The van der Waals surface area contributed by atoms with Gasteiger partial charge in [0.2, 0.25) is 0 Å². The molecule has 94 valence electrons. The fourth-order valence-corrected chi connectivity index (χ4v) is 2.89. The van der Waals surface area contributed by atoms with Gasteiger partial charge in [0.25, 0.3) is 0 Å². The highest BCUT2D eigenvalue weighted by molar-refractivity contribution is 7.99. The van der Waals surface area contributed by atoms with Gasteiger partial charge >= 0.3 is 0 Å². The van der Waals surface area contributed by atoms with Crippen LogP contribution >= 0.6 is 11.8 Å². The van der Waals surface area contributed by atoms with Crippen molar-refractivity contribution in [2.24, 2.45) is 0 Å². The Balaban J connectivity index is 2.03. The summed E-state index contributed by atoms with van der Waals surface area (Å²) in [6.07, 6.45) is 1.54. The van der Waals surface area contributed by atoms with E-state index in [2.05, 4.69) is 6.92 Å². The van der Waals surface area contributed by atoms with Crippen molar-refractivity contribution < 1.29 is 9.84 Å². The number of thioether (sulfide) groups is 1. The summed E-state index contributed by atoms with van der Waals surface area (Å²) in [5.41, 5.74) is 2.12. The second-order valence-corrected chi connectivity index (χ2v) is 5.91. The van der Waals surface area contributed by atoms with E-state index in [1.807, 2.05) is 36.9 Å². The number of rotatable bonds is 4. The molecule has 0 amide bonds. The minimum atomic E-state index is -0.365. The first-order valence-corrected chi connectivity index (χ1v) is 7.39. The summed E-state index contributed by atoms with van der Waals surface area (Å²) in [6, 6.07) is 6.04. The Morgan fingerprint density at radius 2 is 2.29 bits per heavy atom. The fourth-order valence-electron chi connectivity index (χ4n) is 2.18. The largest absolute Gasteiger partial charge is 0.490 e. The van der Waals surface area contributed by atoms with E-state index >= 15 is 0 Å². The zero-order valence-electron chi connectivity index (χ0n) is 10.5. The summed E-state index contributed by atoms with van der Waals surface area (Å²) < 4.78 is 5.93. The Morgan fingerprint density at radius 3 is 3.06 bits per heavy atom. The van der Waals surface area contributed by atoms with Gasteiger partial charge < -0.3 is 9.84 Å². The van der Waals surface area contributed by atoms with Gasteiger partial charge in [-0.2, -0.15) is 11.8 Å². The molecule has 0 fully saturated rings. The molecule has 0 spiro atoms. The number of aliphatic hydroxyl groups excluding tert-OH is 1. The van der Waals surface area contributed by atoms with Crippen LogP contribution in [0.3, 0.4) is 0 Å². The zero-order chi connectivity index (χ0) is 12.3. The molecule has 0 bridgehead atoms. The minimum absolute atomic E-state index is 0.166. The molecule has 1 N–H and O–H groups in total. The molecule has 0 saturated carbocycles. The van der Waals surface area contributed by atoms with E-state index in [1.54, 1.807) is 0 Å². The van der Waals surface area contributed by atoms with Gasteiger partial charge in [0, 0.05) is 12.0 Å². The zero-order valence-corrected chi connectivity index (χ0v) is 11.3. The first-order valence-electron chi connectivity index (χ1n) is 6.23. The summed E-state index contributed by atoms with van der Waals surface area (Å²) in [5, 5.41) is 10.1. The van der Waals surface area contributed by atoms with Gasteiger partial charge in [-0.1, -0.05) is 18.6 Å². The topological polar surface area (TPSA) is 29.5 Å². The van der Waals surface area contributed by atoms with Crippen LogP contribution in [0.4, 0.5) is 0 Å². The van der Waals surface area contributed by atoms with Gasteiger partial charge in [0.1, 0.15) is 11.9 Å². The quantitative estimate of drug-likeness (QED) is 0.834. The van der Waals surface area contributed by atoms with E-state index in [0.29, 0.717) is 0 Å². The molecule has 2 rings (SSSR count). The van der Waals surface area contributed by atoms with Crippen molar-refractivity contribution >= 4 is 11.8 Å². The Bertz CT molecular complexity index is 378. The lowest BCUT2D eigenvalue weighted by atomic mass is 9.96. The third-order valence-electron chi connectivity index (χ3n) is 3.09. The van der Waals surface area contributed by atoms with Crippen molar-refractivity contribution in [2.45, 2.75) is 38.9 Å². The first-order chi connectivity index (χ1) is 8.20. The molecule has 0 radical (unpaired) electrons. The molecule has 1 heterocycles. The molecule has 1 aliphatic heterocycles. The SMILES string of the molecule is CCSCCC1C[C@H](O)c2cc(C)ccc2O1. The summed E-state index contributed by atoms with van der Waals surface area (Å²) >= 11 is 1.93. The lowest BCUT2D eigenvalue weighted by Crippen LogP contribution is -2.26. The van der Waals surface area contributed by atoms with Crippen LogP contribution in [0.25, 0.3) is 0 Å². The molecular formula is C14H20O2S. The van der Waals surface area contributed by atoms with Gasteiger partial charge in [0.15, 0.2) is 0 Å². The van der Waals surface area contributed by atoms with E-state index in [9.17, 15) is 5.11 Å². The molecule has 0 saturated heterocycles. The van der Waals surface area contributed by atoms with E-state index in [0.717, 1.165) is 35.7 Å². The first kappa shape index (κ1) is 12.8. The van der Waals surface area contributed by atoms with Crippen LogP contribution < -0.4 is 4.74 Å². The highest BCUT2D eigenvalue weighted by Gasteiger charge is 2.26. The molecule has 1 aromatic rings. The molecule has 0 aliphatic carbocycles. The molecule has 17 heavy (non-hydrogen) atoms. The summed E-state index contributed by atoms with van der Waals surface area (Å²) in [6.45, 7) is 4.20. The third kappa shape index (κ3) is 3.17. The molecule has 1 unspecified atom stereocenters. The predicted octanol–water partition coefficient (Wildman–Crippen LogP) is 3.32. The van der Waals surface area contributed by atoms with Crippen molar-refractivity contribution in [3.05, 3.63) is 29.3 Å². The van der Waals surface area contributed by atoms with Gasteiger partial charge in [-0.3, -0.25) is 0 Å². The number of ether oxygens (including phenoxy) is 1. The molecule has 1 aliphatic rings. The monoisotopic (exact) mass is 252 g/mol. The fraction of sp³-hybridized carbons (Fsp3) is 0.571. The van der Waals surface area contributed by atoms with Crippen LogP contribution in [0.2, 0.25) is 0 Å². The normalized spacial score (nSPS) is 23.0. The average Bonchev–Trinajstić information content (AvgIpc) is 2.31. The number of hydrogen-bond donors (Lipinski definition) is 1. The van der Waals surface area contributed by atoms with Crippen LogP contribution in [-0.4, -0.2) is 22.7 Å². The van der Waals surface area contributed by atoms with Gasteiger partial charge in [-0.05, 0) is 37.0 Å². The lowest BCUT2D eigenvalue weighted by Gasteiger charge is -2.29. The minimum Gasteiger partial charge on any atom is -0.490 e. The standard InChI is InChI=1S/C14H20O2S/c1-3-17-7-6-11-9-13(15)12-8-10(2)4-5-14(12)16-11/h4-5,8,11,13,15H,3,6-7,9H2,1-2H3/t11?,13-/m0/s1. The van der Waals surface area contributed by atoms with E-state index in [1.165, 1.54) is 5.56 Å². The number of aliphatic hydroxyl groups is 1. The highest BCUT2D eigenvalue weighted by Crippen LogP contribution is 2.36. The van der Waals surface area contributed by atoms with Crippen LogP contribution in [0.5, 0.6) is 5.75 Å². The van der Waals surface area contributed by atoms with E-state index in [-0.39, 0.29) is 12.2 Å². The summed E-state index contributed by atoms with van der Waals surface area (Å²) in [7, 11) is 0. The molecule has 2 nitrogen and oxygen atoms in total. The third-order valence-corrected chi connectivity index (χ3v) is 4.02. The van der Waals surface area contributed by atoms with E-state index < -0.39 is 0 Å². The molecule has 3 heteroatoms. The van der Waals surface area contributed by atoms with Gasteiger partial charge in [0.05, 0.1) is 6.10 Å². The van der Waals surface area contributed by atoms with Crippen molar-refractivity contribution in [1.29, 1.82) is 0 Å². The van der Waals surface area contributed by atoms with E-state index in [4.69, 9.17) is 4.74 Å². The summed E-state index contributed by atoms with van der Waals surface area (Å²) in [4.78, 5) is 0. The van der Waals surface area contributed by atoms with Crippen molar-refractivity contribution in [2.75, 3.05) is 11.5 Å². The molecule has 1 aromatic carbocycles. The highest BCUT2D eigenvalue weighted by atomic mass is 32.2. The molecule has 0 aromatic heterocycles. The lowest BCUT2D eigenvalue weighted by molar-refractivity contribution is 0.0648. The maximum absolute atomic E-state index is 10.1. The van der Waals surface area contributed by atoms with Crippen LogP contribution in [0.15, 0.2) is 18.2 Å². The number of aryl methyl sites for hydroxylation is 1. The Kier molecular flexibility index (Phi) is 4.35. The van der Waals surface area contributed by atoms with Crippen LogP contribution in [0.1, 0.15) is 37.0 Å². The van der Waals surface area contributed by atoms with Gasteiger partial charge in [-0.25, -0.2) is 0 Å².